The molecule has 0 radical (unpaired) electrons. The highest BCUT2D eigenvalue weighted by atomic mass is 32.1. The van der Waals surface area contributed by atoms with Gasteiger partial charge in [0.25, 0.3) is 6.01 Å². The average Bonchev–Trinajstić information content (AvgIpc) is 2.86. The summed E-state index contributed by atoms with van der Waals surface area (Å²) in [6.45, 7) is 0. The van der Waals surface area contributed by atoms with Crippen molar-refractivity contribution in [3.8, 4) is 0 Å². The highest BCUT2D eigenvalue weighted by molar-refractivity contribution is 7.09. The molecule has 0 aromatic carbocycles. The standard InChI is InChI=1S/C10H12N2OS/c1-11-10-12-8(7-13-10)4-5-9-3-2-6-14-9/h2-3,6-7H,4-5H2,1H3,(H,11,12). The van der Waals surface area contributed by atoms with Gasteiger partial charge in [0, 0.05) is 11.9 Å². The van der Waals surface area contributed by atoms with Crippen molar-refractivity contribution < 1.29 is 4.42 Å². The molecule has 0 bridgehead atoms. The van der Waals surface area contributed by atoms with E-state index in [9.17, 15) is 0 Å². The molecule has 0 saturated heterocycles. The Morgan fingerprint density at radius 3 is 3.07 bits per heavy atom. The fraction of sp³-hybridized carbons (Fsp3) is 0.300. The normalized spacial score (nSPS) is 10.4. The first-order chi connectivity index (χ1) is 6.88. The van der Waals surface area contributed by atoms with Crippen LogP contribution >= 0.6 is 11.3 Å². The van der Waals surface area contributed by atoms with E-state index in [-0.39, 0.29) is 0 Å². The molecule has 0 saturated carbocycles. The van der Waals surface area contributed by atoms with Gasteiger partial charge in [0.2, 0.25) is 0 Å². The molecule has 4 heteroatoms. The zero-order valence-electron chi connectivity index (χ0n) is 7.99. The van der Waals surface area contributed by atoms with Gasteiger partial charge in [0.1, 0.15) is 6.26 Å². The van der Waals surface area contributed by atoms with Crippen LogP contribution in [0.5, 0.6) is 0 Å². The number of nitrogens with one attached hydrogen (secondary N) is 1. The van der Waals surface area contributed by atoms with Gasteiger partial charge in [0.05, 0.1) is 5.69 Å². The molecule has 1 N–H and O–H groups in total. The second kappa shape index (κ2) is 4.28. The van der Waals surface area contributed by atoms with Crippen LogP contribution in [-0.2, 0) is 12.8 Å². The smallest absolute Gasteiger partial charge is 0.294 e. The molecule has 0 aliphatic carbocycles. The Hall–Kier alpha value is -1.29. The Balaban J connectivity index is 1.92. The molecule has 2 aromatic heterocycles. The van der Waals surface area contributed by atoms with Gasteiger partial charge < -0.3 is 9.73 Å². The maximum absolute atomic E-state index is 5.16. The minimum atomic E-state index is 0.589. The van der Waals surface area contributed by atoms with Crippen LogP contribution in [-0.4, -0.2) is 12.0 Å². The first-order valence-corrected chi connectivity index (χ1v) is 5.41. The highest BCUT2D eigenvalue weighted by Gasteiger charge is 2.02. The molecule has 2 rings (SSSR count). The Bertz CT molecular complexity index is 380. The van der Waals surface area contributed by atoms with Crippen molar-refractivity contribution in [2.24, 2.45) is 0 Å². The summed E-state index contributed by atoms with van der Waals surface area (Å²) in [6, 6.07) is 4.80. The molecule has 0 aliphatic rings. The largest absolute Gasteiger partial charge is 0.432 e. The highest BCUT2D eigenvalue weighted by Crippen LogP contribution is 2.13. The molecule has 2 heterocycles. The molecule has 14 heavy (non-hydrogen) atoms. The second-order valence-electron chi connectivity index (χ2n) is 2.97. The summed E-state index contributed by atoms with van der Waals surface area (Å²) < 4.78 is 5.16. The van der Waals surface area contributed by atoms with Crippen LogP contribution < -0.4 is 5.32 Å². The number of oxazole rings is 1. The first-order valence-electron chi connectivity index (χ1n) is 4.53. The van der Waals surface area contributed by atoms with E-state index >= 15 is 0 Å². The molecular weight excluding hydrogens is 196 g/mol. The fourth-order valence-corrected chi connectivity index (χ4v) is 1.95. The minimum Gasteiger partial charge on any atom is -0.432 e. The molecule has 0 atom stereocenters. The van der Waals surface area contributed by atoms with Crippen LogP contribution in [0.1, 0.15) is 10.6 Å². The lowest BCUT2D eigenvalue weighted by Gasteiger charge is -1.92. The molecule has 0 fully saturated rings. The average molecular weight is 208 g/mol. The van der Waals surface area contributed by atoms with Crippen molar-refractivity contribution in [2.45, 2.75) is 12.8 Å². The number of hydrogen-bond donors (Lipinski definition) is 1. The van der Waals surface area contributed by atoms with Gasteiger partial charge in [-0.25, -0.2) is 0 Å². The summed E-state index contributed by atoms with van der Waals surface area (Å²) in [5, 5.41) is 4.96. The van der Waals surface area contributed by atoms with Crippen LogP contribution in [0.15, 0.2) is 28.2 Å². The summed E-state index contributed by atoms with van der Waals surface area (Å²) in [6.07, 6.45) is 3.68. The van der Waals surface area contributed by atoms with Gasteiger partial charge in [-0.15, -0.1) is 11.3 Å². The molecule has 3 nitrogen and oxygen atoms in total. The second-order valence-corrected chi connectivity index (χ2v) is 4.01. The number of aromatic nitrogens is 1. The van der Waals surface area contributed by atoms with Crippen LogP contribution in [0.25, 0.3) is 0 Å². The van der Waals surface area contributed by atoms with Gasteiger partial charge >= 0.3 is 0 Å². The summed E-state index contributed by atoms with van der Waals surface area (Å²) in [4.78, 5) is 5.64. The maximum Gasteiger partial charge on any atom is 0.294 e. The number of thiophene rings is 1. The van der Waals surface area contributed by atoms with E-state index in [1.54, 1.807) is 24.6 Å². The van der Waals surface area contributed by atoms with Crippen molar-refractivity contribution in [3.63, 3.8) is 0 Å². The predicted octanol–water partition coefficient (Wildman–Crippen LogP) is 2.56. The molecule has 0 amide bonds. The van der Waals surface area contributed by atoms with Crippen LogP contribution in [0.4, 0.5) is 6.01 Å². The Morgan fingerprint density at radius 1 is 1.50 bits per heavy atom. The number of rotatable bonds is 4. The van der Waals surface area contributed by atoms with E-state index in [4.69, 9.17) is 4.42 Å². The Morgan fingerprint density at radius 2 is 2.43 bits per heavy atom. The third-order valence-electron chi connectivity index (χ3n) is 1.97. The summed E-state index contributed by atoms with van der Waals surface area (Å²) in [7, 11) is 1.80. The lowest BCUT2D eigenvalue weighted by atomic mass is 10.2. The zero-order valence-corrected chi connectivity index (χ0v) is 8.80. The van der Waals surface area contributed by atoms with Crippen LogP contribution in [0.2, 0.25) is 0 Å². The van der Waals surface area contributed by atoms with Crippen molar-refractivity contribution in [3.05, 3.63) is 34.3 Å². The number of nitrogens with zero attached hydrogens (tertiary/aromatic N) is 1. The number of aryl methyl sites for hydroxylation is 2. The fourth-order valence-electron chi connectivity index (χ4n) is 1.24. The number of anilines is 1. The van der Waals surface area contributed by atoms with E-state index < -0.39 is 0 Å². The lowest BCUT2D eigenvalue weighted by Crippen LogP contribution is -1.91. The Kier molecular flexibility index (Phi) is 2.84. The minimum absolute atomic E-state index is 0.589. The van der Waals surface area contributed by atoms with E-state index in [0.29, 0.717) is 6.01 Å². The van der Waals surface area contributed by atoms with Crippen molar-refractivity contribution in [2.75, 3.05) is 12.4 Å². The quantitative estimate of drug-likeness (QED) is 0.839. The van der Waals surface area contributed by atoms with Gasteiger partial charge in [-0.3, -0.25) is 0 Å². The Labute approximate surface area is 86.8 Å². The van der Waals surface area contributed by atoms with Gasteiger partial charge in [0.15, 0.2) is 0 Å². The zero-order chi connectivity index (χ0) is 9.80. The molecule has 0 spiro atoms. The van der Waals surface area contributed by atoms with Crippen molar-refractivity contribution >= 4 is 17.4 Å². The summed E-state index contributed by atoms with van der Waals surface area (Å²) in [5.74, 6) is 0. The molecule has 0 aliphatic heterocycles. The van der Waals surface area contributed by atoms with Crippen LogP contribution in [0, 0.1) is 0 Å². The monoisotopic (exact) mass is 208 g/mol. The topological polar surface area (TPSA) is 38.1 Å². The summed E-state index contributed by atoms with van der Waals surface area (Å²) in [5.41, 5.74) is 1.00. The van der Waals surface area contributed by atoms with E-state index in [1.807, 2.05) is 0 Å². The summed E-state index contributed by atoms with van der Waals surface area (Å²) >= 11 is 1.78. The molecular formula is C10H12N2OS. The third kappa shape index (κ3) is 2.14. The molecule has 2 aromatic rings. The predicted molar refractivity (Wildman–Crippen MR) is 57.8 cm³/mol. The third-order valence-corrected chi connectivity index (χ3v) is 2.91. The van der Waals surface area contributed by atoms with Gasteiger partial charge in [-0.2, -0.15) is 4.98 Å². The first kappa shape index (κ1) is 9.27. The van der Waals surface area contributed by atoms with Crippen molar-refractivity contribution in [1.29, 1.82) is 0 Å². The maximum atomic E-state index is 5.16. The van der Waals surface area contributed by atoms with E-state index in [2.05, 4.69) is 27.8 Å². The molecule has 0 unspecified atom stereocenters. The van der Waals surface area contributed by atoms with Gasteiger partial charge in [-0.1, -0.05) is 6.07 Å². The SMILES string of the molecule is CNc1nc(CCc2cccs2)co1. The van der Waals surface area contributed by atoms with Crippen LogP contribution in [0.3, 0.4) is 0 Å². The number of hydrogen-bond acceptors (Lipinski definition) is 4. The van der Waals surface area contributed by atoms with Gasteiger partial charge in [-0.05, 0) is 24.3 Å². The molecule has 74 valence electrons. The van der Waals surface area contributed by atoms with E-state index in [0.717, 1.165) is 18.5 Å². The van der Waals surface area contributed by atoms with Crippen molar-refractivity contribution in [1.82, 2.24) is 4.98 Å². The lowest BCUT2D eigenvalue weighted by molar-refractivity contribution is 0.573. The van der Waals surface area contributed by atoms with E-state index in [1.165, 1.54) is 4.88 Å².